The number of halogens is 1. The summed E-state index contributed by atoms with van der Waals surface area (Å²) < 4.78 is 5.33. The second-order valence-corrected chi connectivity index (χ2v) is 7.86. The highest BCUT2D eigenvalue weighted by Gasteiger charge is 2.29. The topological polar surface area (TPSA) is 92.7 Å². The lowest BCUT2D eigenvalue weighted by Gasteiger charge is -2.36. The van der Waals surface area contributed by atoms with Crippen LogP contribution in [0.2, 0.25) is 5.02 Å². The molecule has 160 valence electrons. The first kappa shape index (κ1) is 20.9. The molecule has 0 spiro atoms. The van der Waals surface area contributed by atoms with E-state index < -0.39 is 4.92 Å². The Morgan fingerprint density at radius 1 is 1.13 bits per heavy atom. The van der Waals surface area contributed by atoms with Gasteiger partial charge in [0.05, 0.1) is 9.95 Å². The minimum atomic E-state index is -0.398. The van der Waals surface area contributed by atoms with E-state index in [4.69, 9.17) is 16.1 Å². The third-order valence-corrected chi connectivity index (χ3v) is 5.83. The maximum atomic E-state index is 13.3. The number of nitro groups is 1. The number of hydrogen-bond acceptors (Lipinski definition) is 6. The number of aromatic nitrogens is 1. The van der Waals surface area contributed by atoms with E-state index in [1.807, 2.05) is 25.1 Å². The van der Waals surface area contributed by atoms with Crippen LogP contribution in [-0.4, -0.2) is 47.1 Å². The van der Waals surface area contributed by atoms with E-state index in [1.54, 1.807) is 30.0 Å². The number of aryl methyl sites for hydroxylation is 2. The molecular weight excluding hydrogens is 420 g/mol. The first-order valence-corrected chi connectivity index (χ1v) is 10.2. The van der Waals surface area contributed by atoms with Crippen molar-refractivity contribution in [2.75, 3.05) is 31.1 Å². The number of anilines is 1. The van der Waals surface area contributed by atoms with Gasteiger partial charge in [0.15, 0.2) is 0 Å². The summed E-state index contributed by atoms with van der Waals surface area (Å²) >= 11 is 6.31. The number of hydrogen-bond donors (Lipinski definition) is 0. The van der Waals surface area contributed by atoms with Crippen LogP contribution >= 0.6 is 11.6 Å². The van der Waals surface area contributed by atoms with Gasteiger partial charge in [0.1, 0.15) is 17.0 Å². The van der Waals surface area contributed by atoms with Gasteiger partial charge in [0.25, 0.3) is 11.6 Å². The quantitative estimate of drug-likeness (QED) is 0.438. The largest absolute Gasteiger partial charge is 0.368 e. The highest BCUT2D eigenvalue weighted by Crippen LogP contribution is 2.32. The Hall–Kier alpha value is -3.39. The molecule has 1 aliphatic rings. The lowest BCUT2D eigenvalue weighted by molar-refractivity contribution is -0.384. The highest BCUT2D eigenvalue weighted by molar-refractivity contribution is 6.33. The van der Waals surface area contributed by atoms with E-state index in [0.717, 1.165) is 11.3 Å². The first-order valence-electron chi connectivity index (χ1n) is 9.87. The number of non-ortho nitro benzene ring substituents is 1. The summed E-state index contributed by atoms with van der Waals surface area (Å²) in [6.45, 7) is 5.85. The van der Waals surface area contributed by atoms with Crippen molar-refractivity contribution < 1.29 is 14.2 Å². The van der Waals surface area contributed by atoms with E-state index in [1.165, 1.54) is 6.07 Å². The number of piperazine rings is 1. The van der Waals surface area contributed by atoms with Gasteiger partial charge in [0.2, 0.25) is 0 Å². The van der Waals surface area contributed by atoms with Gasteiger partial charge in [-0.15, -0.1) is 0 Å². The standard InChI is InChI=1S/C22H21ClN4O4/c1-14-13-16(27(29)30)7-8-19(14)25-9-11-26(12-10-25)22(28)20-15(2)31-24-21(20)17-5-3-4-6-18(17)23/h3-8,13H,9-12H2,1-2H3. The van der Waals surface area contributed by atoms with Crippen LogP contribution in [0, 0.1) is 24.0 Å². The fourth-order valence-electron chi connectivity index (χ4n) is 3.88. The maximum absolute atomic E-state index is 13.3. The molecular formula is C22H21ClN4O4. The van der Waals surface area contributed by atoms with E-state index in [-0.39, 0.29) is 11.6 Å². The summed E-state index contributed by atoms with van der Waals surface area (Å²) in [4.78, 5) is 27.8. The Bertz CT molecular complexity index is 1150. The number of carbonyl (C=O) groups is 1. The van der Waals surface area contributed by atoms with Gasteiger partial charge in [0, 0.05) is 49.6 Å². The molecule has 31 heavy (non-hydrogen) atoms. The molecule has 1 aromatic heterocycles. The molecule has 1 saturated heterocycles. The van der Waals surface area contributed by atoms with E-state index >= 15 is 0 Å². The van der Waals surface area contributed by atoms with Crippen LogP contribution in [-0.2, 0) is 0 Å². The fourth-order valence-corrected chi connectivity index (χ4v) is 4.10. The zero-order chi connectivity index (χ0) is 22.1. The van der Waals surface area contributed by atoms with E-state index in [2.05, 4.69) is 10.1 Å². The lowest BCUT2D eigenvalue weighted by Crippen LogP contribution is -2.49. The number of amides is 1. The Kier molecular flexibility index (Phi) is 5.65. The Labute approximate surface area is 184 Å². The molecule has 0 N–H and O–H groups in total. The molecule has 3 aromatic rings. The smallest absolute Gasteiger partial charge is 0.269 e. The minimum Gasteiger partial charge on any atom is -0.368 e. The van der Waals surface area contributed by atoms with Crippen LogP contribution in [0.1, 0.15) is 21.7 Å². The molecule has 2 aromatic carbocycles. The summed E-state index contributed by atoms with van der Waals surface area (Å²) in [5.74, 6) is 0.308. The molecule has 4 rings (SSSR count). The van der Waals surface area contributed by atoms with Crippen molar-refractivity contribution in [1.29, 1.82) is 0 Å². The molecule has 1 amide bonds. The predicted octanol–water partition coefficient (Wildman–Crippen LogP) is 4.48. The SMILES string of the molecule is Cc1cc([N+](=O)[O-])ccc1N1CCN(C(=O)c2c(-c3ccccc3Cl)noc2C)CC1. The molecule has 0 atom stereocenters. The molecule has 2 heterocycles. The average molecular weight is 441 g/mol. The van der Waals surface area contributed by atoms with Crippen molar-refractivity contribution in [3.05, 3.63) is 74.5 Å². The Balaban J connectivity index is 1.52. The summed E-state index contributed by atoms with van der Waals surface area (Å²) in [6.07, 6.45) is 0. The molecule has 9 heteroatoms. The van der Waals surface area contributed by atoms with E-state index in [9.17, 15) is 14.9 Å². The van der Waals surface area contributed by atoms with Gasteiger partial charge in [-0.3, -0.25) is 14.9 Å². The van der Waals surface area contributed by atoms with Gasteiger partial charge in [-0.1, -0.05) is 35.0 Å². The molecule has 0 unspecified atom stereocenters. The molecule has 0 aliphatic carbocycles. The predicted molar refractivity (Wildman–Crippen MR) is 118 cm³/mol. The Morgan fingerprint density at radius 2 is 1.84 bits per heavy atom. The fraction of sp³-hybridized carbons (Fsp3) is 0.273. The summed E-state index contributed by atoms with van der Waals surface area (Å²) in [5, 5.41) is 15.6. The van der Waals surface area contributed by atoms with Crippen LogP contribution in [0.4, 0.5) is 11.4 Å². The van der Waals surface area contributed by atoms with Gasteiger partial charge < -0.3 is 14.3 Å². The summed E-state index contributed by atoms with van der Waals surface area (Å²) in [7, 11) is 0. The zero-order valence-corrected chi connectivity index (χ0v) is 17.9. The van der Waals surface area contributed by atoms with Crippen LogP contribution < -0.4 is 4.90 Å². The third kappa shape index (κ3) is 3.98. The van der Waals surface area contributed by atoms with Crippen molar-refractivity contribution in [3.63, 3.8) is 0 Å². The van der Waals surface area contributed by atoms with Gasteiger partial charge in [-0.05, 0) is 31.5 Å². The maximum Gasteiger partial charge on any atom is 0.269 e. The highest BCUT2D eigenvalue weighted by atomic mass is 35.5. The average Bonchev–Trinajstić information content (AvgIpc) is 3.14. The second-order valence-electron chi connectivity index (χ2n) is 7.45. The zero-order valence-electron chi connectivity index (χ0n) is 17.2. The normalized spacial score (nSPS) is 14.0. The van der Waals surface area contributed by atoms with E-state index in [0.29, 0.717) is 53.8 Å². The number of rotatable bonds is 4. The third-order valence-electron chi connectivity index (χ3n) is 5.50. The van der Waals surface area contributed by atoms with Crippen LogP contribution in [0.3, 0.4) is 0 Å². The Morgan fingerprint density at radius 3 is 2.48 bits per heavy atom. The molecule has 8 nitrogen and oxygen atoms in total. The summed E-state index contributed by atoms with van der Waals surface area (Å²) in [6, 6.07) is 12.1. The van der Waals surface area contributed by atoms with Crippen LogP contribution in [0.5, 0.6) is 0 Å². The van der Waals surface area contributed by atoms with Gasteiger partial charge in [-0.25, -0.2) is 0 Å². The van der Waals surface area contributed by atoms with Crippen LogP contribution in [0.15, 0.2) is 47.0 Å². The van der Waals surface area contributed by atoms with Crippen LogP contribution in [0.25, 0.3) is 11.3 Å². The number of carbonyl (C=O) groups excluding carboxylic acids is 1. The summed E-state index contributed by atoms with van der Waals surface area (Å²) in [5.41, 5.74) is 3.38. The molecule has 0 radical (unpaired) electrons. The van der Waals surface area contributed by atoms with Gasteiger partial charge in [-0.2, -0.15) is 0 Å². The second kappa shape index (κ2) is 8.39. The lowest BCUT2D eigenvalue weighted by atomic mass is 10.0. The van der Waals surface area contributed by atoms with Crippen molar-refractivity contribution >= 4 is 28.9 Å². The number of benzene rings is 2. The van der Waals surface area contributed by atoms with Crippen molar-refractivity contribution in [2.45, 2.75) is 13.8 Å². The molecule has 0 bridgehead atoms. The molecule has 1 aliphatic heterocycles. The molecule has 1 fully saturated rings. The number of nitrogens with zero attached hydrogens (tertiary/aromatic N) is 4. The van der Waals surface area contributed by atoms with Crippen molar-refractivity contribution in [1.82, 2.24) is 10.1 Å². The first-order chi connectivity index (χ1) is 14.9. The van der Waals surface area contributed by atoms with Gasteiger partial charge >= 0.3 is 0 Å². The minimum absolute atomic E-state index is 0.0742. The molecule has 0 saturated carbocycles. The monoisotopic (exact) mass is 440 g/mol. The van der Waals surface area contributed by atoms with Crippen molar-refractivity contribution in [2.24, 2.45) is 0 Å². The van der Waals surface area contributed by atoms with Crippen molar-refractivity contribution in [3.8, 4) is 11.3 Å². The number of nitro benzene ring substituents is 1.